The minimum Gasteiger partial charge on any atom is -0.376 e. The first-order valence-corrected chi connectivity index (χ1v) is 4.55. The summed E-state index contributed by atoms with van der Waals surface area (Å²) in [5.41, 5.74) is 7.49. The number of hydrogen-bond acceptors (Lipinski definition) is 1. The van der Waals surface area contributed by atoms with Gasteiger partial charge in [0.2, 0.25) is 0 Å². The molecule has 2 nitrogen and oxygen atoms in total. The first-order chi connectivity index (χ1) is 5.18. The lowest BCUT2D eigenvalue weighted by atomic mass is 9.94. The van der Waals surface area contributed by atoms with Crippen molar-refractivity contribution in [3.63, 3.8) is 0 Å². The molecular weight excluding hydrogens is 138 g/mol. The molecule has 65 valence electrons. The topological polar surface area (TPSA) is 33.0 Å². The zero-order valence-corrected chi connectivity index (χ0v) is 7.47. The molecule has 0 aromatic heterocycles. The molecule has 0 spiro atoms. The number of hydrogen-bond donors (Lipinski definition) is 0. The molecule has 0 atom stereocenters. The highest BCUT2D eigenvalue weighted by molar-refractivity contribution is 4.74. The van der Waals surface area contributed by atoms with Gasteiger partial charge in [0.15, 0.2) is 0 Å². The SMILES string of the molecule is CC(C)O[C@H]1CC[C@@H]([NH])CC1. The van der Waals surface area contributed by atoms with Crippen LogP contribution in [0.4, 0.5) is 0 Å². The Labute approximate surface area is 69.1 Å². The molecule has 0 aromatic carbocycles. The second-order valence-corrected chi connectivity index (χ2v) is 3.66. The fourth-order valence-electron chi connectivity index (χ4n) is 1.58. The molecule has 1 N–H and O–H groups in total. The minimum atomic E-state index is 0.182. The summed E-state index contributed by atoms with van der Waals surface area (Å²) in [5, 5.41) is 0. The highest BCUT2D eigenvalue weighted by atomic mass is 16.5. The Morgan fingerprint density at radius 3 is 2.18 bits per heavy atom. The summed E-state index contributed by atoms with van der Waals surface area (Å²) in [7, 11) is 0. The standard InChI is InChI=1S/C9H18NO/c1-7(2)11-9-5-3-8(10)4-6-9/h7-10H,3-6H2,1-2H3/t8-,9+. The summed E-state index contributed by atoms with van der Waals surface area (Å²) >= 11 is 0. The summed E-state index contributed by atoms with van der Waals surface area (Å²) in [5.74, 6) is 0. The number of ether oxygens (including phenoxy) is 1. The lowest BCUT2D eigenvalue weighted by Gasteiger charge is -2.27. The monoisotopic (exact) mass is 156 g/mol. The molecule has 1 rings (SSSR count). The van der Waals surface area contributed by atoms with E-state index in [1.807, 2.05) is 0 Å². The van der Waals surface area contributed by atoms with E-state index in [0.717, 1.165) is 25.7 Å². The van der Waals surface area contributed by atoms with Gasteiger partial charge in [-0.1, -0.05) is 0 Å². The van der Waals surface area contributed by atoms with Gasteiger partial charge in [0.25, 0.3) is 0 Å². The van der Waals surface area contributed by atoms with E-state index in [9.17, 15) is 0 Å². The van der Waals surface area contributed by atoms with E-state index in [-0.39, 0.29) is 6.04 Å². The zero-order chi connectivity index (χ0) is 8.27. The molecule has 0 bridgehead atoms. The third-order valence-corrected chi connectivity index (χ3v) is 2.14. The summed E-state index contributed by atoms with van der Waals surface area (Å²) < 4.78 is 5.66. The highest BCUT2D eigenvalue weighted by Gasteiger charge is 2.19. The summed E-state index contributed by atoms with van der Waals surface area (Å²) in [4.78, 5) is 0. The molecule has 11 heavy (non-hydrogen) atoms. The Balaban J connectivity index is 2.17. The Morgan fingerprint density at radius 1 is 1.18 bits per heavy atom. The molecule has 1 radical (unpaired) electrons. The van der Waals surface area contributed by atoms with E-state index >= 15 is 0 Å². The van der Waals surface area contributed by atoms with E-state index in [2.05, 4.69) is 13.8 Å². The molecule has 1 fully saturated rings. The molecule has 1 saturated carbocycles. The minimum absolute atomic E-state index is 0.182. The van der Waals surface area contributed by atoms with Gasteiger partial charge in [0, 0.05) is 6.04 Å². The van der Waals surface area contributed by atoms with Gasteiger partial charge in [-0.3, -0.25) is 5.73 Å². The van der Waals surface area contributed by atoms with E-state index in [1.54, 1.807) is 0 Å². The van der Waals surface area contributed by atoms with Crippen LogP contribution in [0.3, 0.4) is 0 Å². The predicted molar refractivity (Wildman–Crippen MR) is 45.4 cm³/mol. The predicted octanol–water partition coefficient (Wildman–Crippen LogP) is 2.01. The van der Waals surface area contributed by atoms with Gasteiger partial charge in [0.1, 0.15) is 0 Å². The van der Waals surface area contributed by atoms with Crippen molar-refractivity contribution in [1.29, 1.82) is 0 Å². The second kappa shape index (κ2) is 4.07. The zero-order valence-electron chi connectivity index (χ0n) is 7.47. The number of nitrogens with one attached hydrogen (secondary N) is 1. The fourth-order valence-corrected chi connectivity index (χ4v) is 1.58. The highest BCUT2D eigenvalue weighted by Crippen LogP contribution is 2.21. The Hall–Kier alpha value is -0.0800. The van der Waals surface area contributed by atoms with Gasteiger partial charge < -0.3 is 4.74 Å². The van der Waals surface area contributed by atoms with Crippen molar-refractivity contribution >= 4 is 0 Å². The van der Waals surface area contributed by atoms with Crippen molar-refractivity contribution < 1.29 is 4.74 Å². The van der Waals surface area contributed by atoms with Crippen molar-refractivity contribution in [1.82, 2.24) is 5.73 Å². The quantitative estimate of drug-likeness (QED) is 0.602. The van der Waals surface area contributed by atoms with E-state index < -0.39 is 0 Å². The summed E-state index contributed by atoms with van der Waals surface area (Å²) in [6.07, 6.45) is 5.02. The van der Waals surface area contributed by atoms with Crippen LogP contribution < -0.4 is 5.73 Å². The Morgan fingerprint density at radius 2 is 1.73 bits per heavy atom. The number of rotatable bonds is 2. The average Bonchev–Trinajstić information content (AvgIpc) is 1.93. The van der Waals surface area contributed by atoms with Gasteiger partial charge in [-0.25, -0.2) is 0 Å². The van der Waals surface area contributed by atoms with Crippen molar-refractivity contribution in [2.75, 3.05) is 0 Å². The van der Waals surface area contributed by atoms with Crippen molar-refractivity contribution in [2.45, 2.75) is 57.8 Å². The van der Waals surface area contributed by atoms with Crippen LogP contribution in [0.1, 0.15) is 39.5 Å². The van der Waals surface area contributed by atoms with Crippen LogP contribution in [-0.2, 0) is 4.74 Å². The third-order valence-electron chi connectivity index (χ3n) is 2.14. The first-order valence-electron chi connectivity index (χ1n) is 4.55. The van der Waals surface area contributed by atoms with Crippen LogP contribution in [0, 0.1) is 0 Å². The second-order valence-electron chi connectivity index (χ2n) is 3.66. The van der Waals surface area contributed by atoms with Crippen molar-refractivity contribution in [3.05, 3.63) is 0 Å². The maximum Gasteiger partial charge on any atom is 0.0579 e. The van der Waals surface area contributed by atoms with Crippen LogP contribution in [0.2, 0.25) is 0 Å². The molecule has 2 heteroatoms. The Bertz CT molecular complexity index is 106. The lowest BCUT2D eigenvalue weighted by Crippen LogP contribution is -2.27. The molecule has 0 unspecified atom stereocenters. The largest absolute Gasteiger partial charge is 0.376 e. The van der Waals surface area contributed by atoms with Crippen LogP contribution in [-0.4, -0.2) is 18.2 Å². The molecule has 1 aliphatic carbocycles. The van der Waals surface area contributed by atoms with E-state index in [4.69, 9.17) is 10.5 Å². The third kappa shape index (κ3) is 3.21. The van der Waals surface area contributed by atoms with E-state index in [0.29, 0.717) is 12.2 Å². The molecule has 0 saturated heterocycles. The van der Waals surface area contributed by atoms with Gasteiger partial charge in [-0.15, -0.1) is 0 Å². The van der Waals surface area contributed by atoms with Crippen LogP contribution >= 0.6 is 0 Å². The summed E-state index contributed by atoms with van der Waals surface area (Å²) in [6.45, 7) is 4.15. The van der Waals surface area contributed by atoms with Gasteiger partial charge >= 0.3 is 0 Å². The maximum atomic E-state index is 7.49. The molecule has 0 aliphatic heterocycles. The molecule has 0 heterocycles. The van der Waals surface area contributed by atoms with Crippen molar-refractivity contribution in [3.8, 4) is 0 Å². The smallest absolute Gasteiger partial charge is 0.0579 e. The molecule has 0 aromatic rings. The van der Waals surface area contributed by atoms with Gasteiger partial charge in [0.05, 0.1) is 12.2 Å². The fraction of sp³-hybridized carbons (Fsp3) is 1.00. The lowest BCUT2D eigenvalue weighted by molar-refractivity contribution is -0.0146. The molecule has 0 amide bonds. The normalized spacial score (nSPS) is 32.7. The van der Waals surface area contributed by atoms with Crippen LogP contribution in [0.15, 0.2) is 0 Å². The van der Waals surface area contributed by atoms with E-state index in [1.165, 1.54) is 0 Å². The van der Waals surface area contributed by atoms with Crippen LogP contribution in [0.25, 0.3) is 0 Å². The summed E-state index contributed by atoms with van der Waals surface area (Å²) in [6, 6.07) is 0.182. The Kier molecular flexibility index (Phi) is 3.34. The first kappa shape index (κ1) is 9.01. The van der Waals surface area contributed by atoms with Crippen molar-refractivity contribution in [2.24, 2.45) is 0 Å². The van der Waals surface area contributed by atoms with Gasteiger partial charge in [-0.2, -0.15) is 0 Å². The van der Waals surface area contributed by atoms with Gasteiger partial charge in [-0.05, 0) is 39.5 Å². The maximum absolute atomic E-state index is 7.49. The molecular formula is C9H18NO. The van der Waals surface area contributed by atoms with Crippen LogP contribution in [0.5, 0.6) is 0 Å². The average molecular weight is 156 g/mol. The molecule has 1 aliphatic rings.